The first-order valence-electron chi connectivity index (χ1n) is 5.05. The predicted molar refractivity (Wildman–Crippen MR) is 53.2 cm³/mol. The first kappa shape index (κ1) is 11.3. The SMILES string of the molecule is CC(C)(C)OC(=O)N1CCCOCC1. The highest BCUT2D eigenvalue weighted by Crippen LogP contribution is 2.11. The van der Waals surface area contributed by atoms with Crippen molar-refractivity contribution < 1.29 is 14.3 Å². The fourth-order valence-corrected chi connectivity index (χ4v) is 1.26. The van der Waals surface area contributed by atoms with Gasteiger partial charge in [0.2, 0.25) is 0 Å². The Labute approximate surface area is 85.2 Å². The van der Waals surface area contributed by atoms with Gasteiger partial charge >= 0.3 is 6.09 Å². The highest BCUT2D eigenvalue weighted by molar-refractivity contribution is 5.68. The Kier molecular flexibility index (Phi) is 3.75. The maximum absolute atomic E-state index is 11.6. The summed E-state index contributed by atoms with van der Waals surface area (Å²) in [4.78, 5) is 13.3. The van der Waals surface area contributed by atoms with Crippen molar-refractivity contribution in [1.82, 2.24) is 4.90 Å². The first-order chi connectivity index (χ1) is 6.49. The second-order valence-corrected chi connectivity index (χ2v) is 4.43. The average molecular weight is 201 g/mol. The zero-order valence-electron chi connectivity index (χ0n) is 9.21. The molecule has 0 aromatic rings. The van der Waals surface area contributed by atoms with Crippen LogP contribution in [0, 0.1) is 0 Å². The maximum atomic E-state index is 11.6. The Hall–Kier alpha value is -0.770. The highest BCUT2D eigenvalue weighted by atomic mass is 16.6. The minimum atomic E-state index is -0.412. The monoisotopic (exact) mass is 201 g/mol. The molecule has 82 valence electrons. The average Bonchev–Trinajstić information content (AvgIpc) is 2.27. The molecule has 0 radical (unpaired) electrons. The number of hydrogen-bond donors (Lipinski definition) is 0. The van der Waals surface area contributed by atoms with E-state index in [-0.39, 0.29) is 6.09 Å². The van der Waals surface area contributed by atoms with E-state index in [0.717, 1.165) is 19.6 Å². The maximum Gasteiger partial charge on any atom is 0.410 e. The summed E-state index contributed by atoms with van der Waals surface area (Å²) in [7, 11) is 0. The summed E-state index contributed by atoms with van der Waals surface area (Å²) < 4.78 is 10.5. The molecule has 1 aliphatic heterocycles. The summed E-state index contributed by atoms with van der Waals surface area (Å²) in [6.07, 6.45) is 0.655. The lowest BCUT2D eigenvalue weighted by Gasteiger charge is -2.25. The van der Waals surface area contributed by atoms with Gasteiger partial charge in [-0.15, -0.1) is 0 Å². The summed E-state index contributed by atoms with van der Waals surface area (Å²) in [6.45, 7) is 8.33. The number of nitrogens with zero attached hydrogens (tertiary/aromatic N) is 1. The Morgan fingerprint density at radius 1 is 1.29 bits per heavy atom. The van der Waals surface area contributed by atoms with Crippen molar-refractivity contribution in [2.24, 2.45) is 0 Å². The van der Waals surface area contributed by atoms with Crippen LogP contribution in [-0.4, -0.2) is 42.9 Å². The number of hydrogen-bond acceptors (Lipinski definition) is 3. The lowest BCUT2D eigenvalue weighted by atomic mass is 10.2. The van der Waals surface area contributed by atoms with Gasteiger partial charge in [-0.05, 0) is 27.2 Å². The molecule has 4 nitrogen and oxygen atoms in total. The van der Waals surface area contributed by atoms with Crippen LogP contribution in [0.15, 0.2) is 0 Å². The molecule has 0 atom stereocenters. The molecular formula is C10H19NO3. The molecule has 0 aromatic heterocycles. The summed E-state index contributed by atoms with van der Waals surface area (Å²) in [5, 5.41) is 0. The predicted octanol–water partition coefficient (Wildman–Crippen LogP) is 1.64. The molecule has 1 heterocycles. The van der Waals surface area contributed by atoms with Crippen LogP contribution in [-0.2, 0) is 9.47 Å². The van der Waals surface area contributed by atoms with Crippen LogP contribution >= 0.6 is 0 Å². The molecule has 0 aromatic carbocycles. The fourth-order valence-electron chi connectivity index (χ4n) is 1.26. The zero-order chi connectivity index (χ0) is 10.6. The summed E-state index contributed by atoms with van der Waals surface area (Å²) in [5.41, 5.74) is -0.412. The lowest BCUT2D eigenvalue weighted by Crippen LogP contribution is -2.38. The van der Waals surface area contributed by atoms with Gasteiger partial charge in [-0.1, -0.05) is 0 Å². The third-order valence-electron chi connectivity index (χ3n) is 1.87. The van der Waals surface area contributed by atoms with Gasteiger partial charge in [0.15, 0.2) is 0 Å². The fraction of sp³-hybridized carbons (Fsp3) is 0.900. The minimum Gasteiger partial charge on any atom is -0.444 e. The molecule has 1 fully saturated rings. The Balaban J connectivity index is 2.42. The number of rotatable bonds is 0. The van der Waals surface area contributed by atoms with E-state index in [1.54, 1.807) is 4.90 Å². The number of carbonyl (C=O) groups excluding carboxylic acids is 1. The van der Waals surface area contributed by atoms with E-state index < -0.39 is 5.60 Å². The van der Waals surface area contributed by atoms with Crippen LogP contribution in [0.1, 0.15) is 27.2 Å². The number of amides is 1. The normalized spacial score (nSPS) is 18.9. The third-order valence-corrected chi connectivity index (χ3v) is 1.87. The second kappa shape index (κ2) is 4.64. The summed E-state index contributed by atoms with van der Waals surface area (Å²) >= 11 is 0. The minimum absolute atomic E-state index is 0.233. The van der Waals surface area contributed by atoms with E-state index in [4.69, 9.17) is 9.47 Å². The largest absolute Gasteiger partial charge is 0.444 e. The third kappa shape index (κ3) is 3.96. The van der Waals surface area contributed by atoms with E-state index in [1.807, 2.05) is 20.8 Å². The molecule has 1 rings (SSSR count). The smallest absolute Gasteiger partial charge is 0.410 e. The lowest BCUT2D eigenvalue weighted by molar-refractivity contribution is 0.0244. The van der Waals surface area contributed by atoms with Gasteiger partial charge in [-0.2, -0.15) is 0 Å². The zero-order valence-corrected chi connectivity index (χ0v) is 9.21. The van der Waals surface area contributed by atoms with Gasteiger partial charge in [0.25, 0.3) is 0 Å². The molecule has 1 amide bonds. The molecule has 14 heavy (non-hydrogen) atoms. The van der Waals surface area contributed by atoms with Crippen molar-refractivity contribution in [2.45, 2.75) is 32.8 Å². The van der Waals surface area contributed by atoms with E-state index in [1.165, 1.54) is 0 Å². The number of ether oxygens (including phenoxy) is 2. The molecule has 0 bridgehead atoms. The topological polar surface area (TPSA) is 38.8 Å². The number of carbonyl (C=O) groups is 1. The van der Waals surface area contributed by atoms with Crippen LogP contribution in [0.3, 0.4) is 0 Å². The van der Waals surface area contributed by atoms with Crippen molar-refractivity contribution in [3.05, 3.63) is 0 Å². The van der Waals surface area contributed by atoms with Crippen LogP contribution in [0.5, 0.6) is 0 Å². The summed E-state index contributed by atoms with van der Waals surface area (Å²) in [6, 6.07) is 0. The molecular weight excluding hydrogens is 182 g/mol. The van der Waals surface area contributed by atoms with E-state index in [9.17, 15) is 4.79 Å². The molecule has 0 N–H and O–H groups in total. The molecule has 0 aliphatic carbocycles. The van der Waals surface area contributed by atoms with E-state index >= 15 is 0 Å². The molecule has 4 heteroatoms. The van der Waals surface area contributed by atoms with Gasteiger partial charge in [0.1, 0.15) is 5.60 Å². The van der Waals surface area contributed by atoms with Gasteiger partial charge in [0.05, 0.1) is 6.61 Å². The first-order valence-corrected chi connectivity index (χ1v) is 5.05. The molecule has 1 saturated heterocycles. The van der Waals surface area contributed by atoms with Crippen molar-refractivity contribution in [1.29, 1.82) is 0 Å². The Morgan fingerprint density at radius 3 is 2.64 bits per heavy atom. The Morgan fingerprint density at radius 2 is 2.00 bits per heavy atom. The summed E-state index contributed by atoms with van der Waals surface area (Å²) in [5.74, 6) is 0. The van der Waals surface area contributed by atoms with Gasteiger partial charge in [0, 0.05) is 19.7 Å². The van der Waals surface area contributed by atoms with Crippen molar-refractivity contribution >= 4 is 6.09 Å². The van der Waals surface area contributed by atoms with Crippen molar-refractivity contribution in [3.63, 3.8) is 0 Å². The molecule has 0 saturated carbocycles. The van der Waals surface area contributed by atoms with Crippen LogP contribution in [0.2, 0.25) is 0 Å². The van der Waals surface area contributed by atoms with E-state index in [2.05, 4.69) is 0 Å². The van der Waals surface area contributed by atoms with Gasteiger partial charge in [-0.25, -0.2) is 4.79 Å². The quantitative estimate of drug-likeness (QED) is 0.598. The standard InChI is InChI=1S/C10H19NO3/c1-10(2,3)14-9(12)11-5-4-7-13-8-6-11/h4-8H2,1-3H3. The van der Waals surface area contributed by atoms with Crippen LogP contribution in [0.25, 0.3) is 0 Å². The van der Waals surface area contributed by atoms with Crippen molar-refractivity contribution in [3.8, 4) is 0 Å². The second-order valence-electron chi connectivity index (χ2n) is 4.43. The van der Waals surface area contributed by atoms with Crippen LogP contribution < -0.4 is 0 Å². The van der Waals surface area contributed by atoms with Crippen LogP contribution in [0.4, 0.5) is 4.79 Å². The van der Waals surface area contributed by atoms with Gasteiger partial charge < -0.3 is 14.4 Å². The molecule has 1 aliphatic rings. The van der Waals surface area contributed by atoms with Gasteiger partial charge in [-0.3, -0.25) is 0 Å². The van der Waals surface area contributed by atoms with Crippen molar-refractivity contribution in [2.75, 3.05) is 26.3 Å². The highest BCUT2D eigenvalue weighted by Gasteiger charge is 2.22. The van der Waals surface area contributed by atoms with E-state index in [0.29, 0.717) is 13.2 Å². The molecule has 0 spiro atoms. The molecule has 0 unspecified atom stereocenters. The Bertz CT molecular complexity index is 190.